The number of nitrogens with zero attached hydrogens (tertiary/aromatic N) is 2. The number of carbonyl (C=O) groups is 1. The van der Waals surface area contributed by atoms with Gasteiger partial charge in [0, 0.05) is 6.54 Å². The Bertz CT molecular complexity index is 624. The molecule has 1 aliphatic rings. The molecule has 21 heavy (non-hydrogen) atoms. The molecule has 2 rings (SSSR count). The van der Waals surface area contributed by atoms with Crippen molar-refractivity contribution in [2.24, 2.45) is 10.7 Å². The van der Waals surface area contributed by atoms with Crippen LogP contribution in [0.3, 0.4) is 0 Å². The quantitative estimate of drug-likeness (QED) is 0.689. The lowest BCUT2D eigenvalue weighted by Crippen LogP contribution is -2.34. The average molecular weight is 301 g/mol. The number of carbonyl (C=O) groups excluding carboxylic acids is 1. The number of nitrogens with two attached hydrogens (primary N) is 1. The largest absolute Gasteiger partial charge is 0.416 e. The minimum atomic E-state index is -4.77. The van der Waals surface area contributed by atoms with Gasteiger partial charge >= 0.3 is 12.2 Å². The van der Waals surface area contributed by atoms with Crippen LogP contribution in [0.2, 0.25) is 0 Å². The van der Waals surface area contributed by atoms with Crippen LogP contribution in [0.4, 0.5) is 22.4 Å². The third-order valence-corrected chi connectivity index (χ3v) is 3.00. The molecular formula is C13H11F4N3O. The molecule has 4 nitrogen and oxygen atoms in total. The van der Waals surface area contributed by atoms with Crippen LogP contribution in [0.15, 0.2) is 35.8 Å². The van der Waals surface area contributed by atoms with Crippen molar-refractivity contribution < 1.29 is 22.4 Å². The fraction of sp³-hybridized carbons (Fsp3) is 0.231. The van der Waals surface area contributed by atoms with Crippen LogP contribution < -0.4 is 5.73 Å². The van der Waals surface area contributed by atoms with Crippen LogP contribution >= 0.6 is 0 Å². The van der Waals surface area contributed by atoms with Gasteiger partial charge in [0.05, 0.1) is 5.56 Å². The molecule has 1 heterocycles. The van der Waals surface area contributed by atoms with E-state index in [0.29, 0.717) is 6.07 Å². The molecule has 0 radical (unpaired) electrons. The lowest BCUT2D eigenvalue weighted by molar-refractivity contribution is -0.138. The van der Waals surface area contributed by atoms with Crippen LogP contribution in [0.25, 0.3) is 0 Å². The normalized spacial score (nSPS) is 18.9. The number of halogens is 4. The van der Waals surface area contributed by atoms with Gasteiger partial charge in [-0.15, -0.1) is 6.58 Å². The molecule has 8 heteroatoms. The van der Waals surface area contributed by atoms with Crippen molar-refractivity contribution in [3.8, 4) is 0 Å². The molecule has 0 aliphatic carbocycles. The van der Waals surface area contributed by atoms with E-state index in [1.807, 2.05) is 0 Å². The number of amidine groups is 1. The van der Waals surface area contributed by atoms with E-state index in [-0.39, 0.29) is 17.9 Å². The molecule has 2 amide bonds. The second-order valence-corrected chi connectivity index (χ2v) is 4.39. The van der Waals surface area contributed by atoms with Gasteiger partial charge in [-0.3, -0.25) is 0 Å². The van der Waals surface area contributed by atoms with Gasteiger partial charge in [-0.05, 0) is 17.7 Å². The zero-order valence-corrected chi connectivity index (χ0v) is 10.7. The fourth-order valence-corrected chi connectivity index (χ4v) is 2.17. The summed E-state index contributed by atoms with van der Waals surface area (Å²) in [5, 5.41) is 0. The Morgan fingerprint density at radius 3 is 2.67 bits per heavy atom. The summed E-state index contributed by atoms with van der Waals surface area (Å²) in [6, 6.07) is 0.270. The smallest absolute Gasteiger partial charge is 0.385 e. The standard InChI is InChI=1S/C13H11F4N3O/c1-2-5-20-10(11(18)19-12(20)21)8-4-3-7(14)6-9(8)13(15,16)17/h2-4,6,10H,1,5H2,(H2,18,19,21). The minimum absolute atomic E-state index is 0.0254. The number of hydrogen-bond acceptors (Lipinski definition) is 2. The van der Waals surface area contributed by atoms with Crippen LogP contribution in [0.1, 0.15) is 17.2 Å². The number of rotatable bonds is 3. The highest BCUT2D eigenvalue weighted by atomic mass is 19.4. The Labute approximate surface area is 117 Å². The summed E-state index contributed by atoms with van der Waals surface area (Å²) in [7, 11) is 0. The van der Waals surface area contributed by atoms with E-state index in [4.69, 9.17) is 5.73 Å². The van der Waals surface area contributed by atoms with Gasteiger partial charge in [-0.1, -0.05) is 12.1 Å². The zero-order chi connectivity index (χ0) is 15.8. The van der Waals surface area contributed by atoms with E-state index in [9.17, 15) is 22.4 Å². The molecule has 1 atom stereocenters. The van der Waals surface area contributed by atoms with Gasteiger partial charge in [0.2, 0.25) is 0 Å². The molecular weight excluding hydrogens is 290 g/mol. The number of hydrogen-bond donors (Lipinski definition) is 1. The molecule has 0 spiro atoms. The van der Waals surface area contributed by atoms with Gasteiger partial charge in [-0.25, -0.2) is 9.18 Å². The van der Waals surface area contributed by atoms with Crippen molar-refractivity contribution in [3.05, 3.63) is 47.8 Å². The average Bonchev–Trinajstić information content (AvgIpc) is 2.64. The Balaban J connectivity index is 2.57. The highest BCUT2D eigenvalue weighted by Gasteiger charge is 2.41. The molecule has 2 N–H and O–H groups in total. The summed E-state index contributed by atoms with van der Waals surface area (Å²) in [4.78, 5) is 16.1. The highest BCUT2D eigenvalue weighted by Crippen LogP contribution is 2.38. The predicted octanol–water partition coefficient (Wildman–Crippen LogP) is 2.86. The molecule has 0 aromatic heterocycles. The van der Waals surface area contributed by atoms with Gasteiger partial charge in [0.15, 0.2) is 0 Å². The molecule has 1 aromatic rings. The number of urea groups is 1. The Morgan fingerprint density at radius 2 is 2.10 bits per heavy atom. The van der Waals surface area contributed by atoms with Crippen LogP contribution in [0.5, 0.6) is 0 Å². The summed E-state index contributed by atoms with van der Waals surface area (Å²) in [5.74, 6) is -1.29. The van der Waals surface area contributed by atoms with Crippen LogP contribution in [-0.2, 0) is 6.18 Å². The first-order valence-electron chi connectivity index (χ1n) is 5.88. The monoisotopic (exact) mass is 301 g/mol. The van der Waals surface area contributed by atoms with Crippen molar-refractivity contribution in [3.63, 3.8) is 0 Å². The minimum Gasteiger partial charge on any atom is -0.385 e. The number of aliphatic imine (C=N–C) groups is 1. The molecule has 0 fully saturated rings. The zero-order valence-electron chi connectivity index (χ0n) is 10.7. The number of benzene rings is 1. The Hall–Kier alpha value is -2.38. The van der Waals surface area contributed by atoms with Gasteiger partial charge in [0.1, 0.15) is 17.7 Å². The second-order valence-electron chi connectivity index (χ2n) is 4.39. The van der Waals surface area contributed by atoms with E-state index in [1.165, 1.54) is 6.08 Å². The Morgan fingerprint density at radius 1 is 1.43 bits per heavy atom. The molecule has 1 aliphatic heterocycles. The predicted molar refractivity (Wildman–Crippen MR) is 68.1 cm³/mol. The highest BCUT2D eigenvalue weighted by molar-refractivity contribution is 6.03. The van der Waals surface area contributed by atoms with Crippen molar-refractivity contribution in [1.29, 1.82) is 0 Å². The summed E-state index contributed by atoms with van der Waals surface area (Å²) in [5.41, 5.74) is 4.06. The molecule has 1 unspecified atom stereocenters. The van der Waals surface area contributed by atoms with Gasteiger partial charge in [0.25, 0.3) is 0 Å². The van der Waals surface area contributed by atoms with Crippen molar-refractivity contribution in [2.75, 3.05) is 6.54 Å². The summed E-state index contributed by atoms with van der Waals surface area (Å²) in [6.07, 6.45) is -3.43. The molecule has 1 aromatic carbocycles. The number of amides is 2. The molecule has 0 saturated heterocycles. The van der Waals surface area contributed by atoms with E-state index in [2.05, 4.69) is 11.6 Å². The summed E-state index contributed by atoms with van der Waals surface area (Å²) < 4.78 is 52.3. The van der Waals surface area contributed by atoms with Gasteiger partial charge < -0.3 is 10.6 Å². The van der Waals surface area contributed by atoms with E-state index < -0.39 is 29.6 Å². The lowest BCUT2D eigenvalue weighted by Gasteiger charge is -2.25. The van der Waals surface area contributed by atoms with Crippen LogP contribution in [-0.4, -0.2) is 23.3 Å². The maximum Gasteiger partial charge on any atom is 0.416 e. The molecule has 0 saturated carbocycles. The summed E-state index contributed by atoms with van der Waals surface area (Å²) >= 11 is 0. The molecule has 0 bridgehead atoms. The molecule has 112 valence electrons. The van der Waals surface area contributed by atoms with E-state index in [1.54, 1.807) is 0 Å². The maximum atomic E-state index is 13.1. The third-order valence-electron chi connectivity index (χ3n) is 3.00. The summed E-state index contributed by atoms with van der Waals surface area (Å²) in [6.45, 7) is 3.40. The van der Waals surface area contributed by atoms with E-state index in [0.717, 1.165) is 17.0 Å². The number of alkyl halides is 3. The van der Waals surface area contributed by atoms with Crippen LogP contribution in [0, 0.1) is 5.82 Å². The first-order valence-corrected chi connectivity index (χ1v) is 5.88. The third kappa shape index (κ3) is 2.74. The lowest BCUT2D eigenvalue weighted by atomic mass is 9.98. The van der Waals surface area contributed by atoms with Crippen molar-refractivity contribution >= 4 is 11.9 Å². The fourth-order valence-electron chi connectivity index (χ4n) is 2.17. The Kier molecular flexibility index (Phi) is 3.71. The first-order chi connectivity index (χ1) is 9.75. The first kappa shape index (κ1) is 15.0. The maximum absolute atomic E-state index is 13.1. The van der Waals surface area contributed by atoms with E-state index >= 15 is 0 Å². The second kappa shape index (κ2) is 5.19. The van der Waals surface area contributed by atoms with Crippen molar-refractivity contribution in [1.82, 2.24) is 4.90 Å². The topological polar surface area (TPSA) is 58.7 Å². The van der Waals surface area contributed by atoms with Crippen molar-refractivity contribution in [2.45, 2.75) is 12.2 Å². The SMILES string of the molecule is C=CCN1C(=O)N=C(N)C1c1ccc(F)cc1C(F)(F)F. The van der Waals surface area contributed by atoms with Gasteiger partial charge in [-0.2, -0.15) is 18.2 Å².